The number of nitrogens with one attached hydrogen (secondary N) is 1. The van der Waals surface area contributed by atoms with Crippen LogP contribution >= 0.6 is 20.0 Å². The second-order valence-electron chi connectivity index (χ2n) is 7.92. The van der Waals surface area contributed by atoms with E-state index in [4.69, 9.17) is 16.7 Å². The molecule has 0 radical (unpaired) electrons. The monoisotopic (exact) mass is 467 g/mol. The summed E-state index contributed by atoms with van der Waals surface area (Å²) in [6, 6.07) is 13.3. The Kier molecular flexibility index (Phi) is 11.9. The maximum atomic E-state index is 11.6. The fourth-order valence-corrected chi connectivity index (χ4v) is 4.59. The molecule has 0 saturated heterocycles. The Morgan fingerprint density at radius 2 is 1.68 bits per heavy atom. The summed E-state index contributed by atoms with van der Waals surface area (Å²) in [4.78, 5) is 19.6. The van der Waals surface area contributed by atoms with Gasteiger partial charge in [-0.2, -0.15) is 0 Å². The highest BCUT2D eigenvalue weighted by atomic mass is 32.1. The SMILES string of the molecule is CC.CCCCCCCC(=S)NC(c1cccc2ccccc12)C(C)(C)OP(=O)(O)O. The van der Waals surface area contributed by atoms with Crippen molar-refractivity contribution < 1.29 is 18.9 Å². The van der Waals surface area contributed by atoms with Gasteiger partial charge in [-0.25, -0.2) is 4.57 Å². The molecule has 3 N–H and O–H groups in total. The number of rotatable bonds is 11. The number of phosphoric acid groups is 1. The third-order valence-corrected chi connectivity index (χ3v) is 6.03. The van der Waals surface area contributed by atoms with Crippen LogP contribution in [0.5, 0.6) is 0 Å². The van der Waals surface area contributed by atoms with Gasteiger partial charge < -0.3 is 15.1 Å². The molecule has 0 aliphatic rings. The summed E-state index contributed by atoms with van der Waals surface area (Å²) in [5, 5.41) is 5.39. The minimum atomic E-state index is -4.68. The van der Waals surface area contributed by atoms with E-state index in [-0.39, 0.29) is 0 Å². The quantitative estimate of drug-likeness (QED) is 0.186. The van der Waals surface area contributed by atoms with E-state index in [1.165, 1.54) is 19.3 Å². The molecule has 1 unspecified atom stereocenters. The summed E-state index contributed by atoms with van der Waals surface area (Å²) in [6.45, 7) is 9.54. The lowest BCUT2D eigenvalue weighted by Gasteiger charge is -2.36. The zero-order chi connectivity index (χ0) is 23.5. The first kappa shape index (κ1) is 27.7. The molecule has 0 amide bonds. The van der Waals surface area contributed by atoms with Crippen molar-refractivity contribution in [3.8, 4) is 0 Å². The van der Waals surface area contributed by atoms with E-state index in [0.717, 1.165) is 35.6 Å². The van der Waals surface area contributed by atoms with E-state index in [1.807, 2.05) is 56.3 Å². The van der Waals surface area contributed by atoms with Crippen molar-refractivity contribution in [1.82, 2.24) is 5.32 Å². The van der Waals surface area contributed by atoms with Gasteiger partial charge in [-0.15, -0.1) is 0 Å². The molecule has 0 fully saturated rings. The van der Waals surface area contributed by atoms with Crippen LogP contribution in [0.15, 0.2) is 42.5 Å². The molecule has 0 spiro atoms. The first-order chi connectivity index (χ1) is 14.6. The number of phosphoric ester groups is 1. The van der Waals surface area contributed by atoms with E-state index in [9.17, 15) is 14.4 Å². The van der Waals surface area contributed by atoms with Crippen LogP contribution in [-0.2, 0) is 9.09 Å². The van der Waals surface area contributed by atoms with E-state index < -0.39 is 19.5 Å². The first-order valence-corrected chi connectivity index (χ1v) is 13.1. The third kappa shape index (κ3) is 9.38. The maximum absolute atomic E-state index is 11.6. The Morgan fingerprint density at radius 1 is 1.06 bits per heavy atom. The van der Waals surface area contributed by atoms with E-state index >= 15 is 0 Å². The normalized spacial score (nSPS) is 12.7. The Bertz CT molecular complexity index is 860. The van der Waals surface area contributed by atoms with Crippen LogP contribution in [0, 0.1) is 0 Å². The fraction of sp³-hybridized carbons (Fsp3) is 0.542. The number of unbranched alkanes of at least 4 members (excludes halogenated alkanes) is 4. The van der Waals surface area contributed by atoms with Crippen LogP contribution in [0.4, 0.5) is 0 Å². The van der Waals surface area contributed by atoms with Gasteiger partial charge in [-0.05, 0) is 43.0 Å². The molecule has 2 aromatic carbocycles. The van der Waals surface area contributed by atoms with Crippen molar-refractivity contribution in [2.75, 3.05) is 0 Å². The Morgan fingerprint density at radius 3 is 2.32 bits per heavy atom. The van der Waals surface area contributed by atoms with Crippen LogP contribution < -0.4 is 5.32 Å². The summed E-state index contributed by atoms with van der Waals surface area (Å²) in [7, 11) is -4.68. The van der Waals surface area contributed by atoms with Crippen LogP contribution in [0.1, 0.15) is 84.7 Å². The molecule has 0 aromatic heterocycles. The van der Waals surface area contributed by atoms with Crippen LogP contribution in [0.3, 0.4) is 0 Å². The zero-order valence-corrected chi connectivity index (χ0v) is 21.1. The molecule has 0 bridgehead atoms. The average Bonchev–Trinajstić information content (AvgIpc) is 2.71. The van der Waals surface area contributed by atoms with Crippen molar-refractivity contribution in [3.05, 3.63) is 48.0 Å². The third-order valence-electron chi connectivity index (χ3n) is 5.00. The molecule has 1 atom stereocenters. The summed E-state index contributed by atoms with van der Waals surface area (Å²) in [6.07, 6.45) is 6.47. The van der Waals surface area contributed by atoms with Crippen molar-refractivity contribution in [2.45, 2.75) is 84.8 Å². The van der Waals surface area contributed by atoms with Gasteiger partial charge in [0.05, 0.1) is 16.6 Å². The van der Waals surface area contributed by atoms with Crippen molar-refractivity contribution in [1.29, 1.82) is 0 Å². The standard InChI is InChI=1S/C22H32NO4PS.C2H6/c1-4-5-6-7-8-16-20(29)23-21(22(2,3)27-28(24,25)26)19-15-11-13-17-12-9-10-14-18(17)19;1-2/h9-15,21H,4-8,16H2,1-3H3,(H,23,29)(H2,24,25,26);1-2H3. The molecule has 0 saturated carbocycles. The van der Waals surface area contributed by atoms with Crippen LogP contribution in [-0.4, -0.2) is 20.4 Å². The molecule has 31 heavy (non-hydrogen) atoms. The number of benzene rings is 2. The summed E-state index contributed by atoms with van der Waals surface area (Å²) in [5.74, 6) is 0. The van der Waals surface area contributed by atoms with Crippen LogP contribution in [0.2, 0.25) is 0 Å². The Labute approximate surface area is 192 Å². The number of fused-ring (bicyclic) bond motifs is 1. The van der Waals surface area contributed by atoms with E-state index in [1.54, 1.807) is 13.8 Å². The minimum Gasteiger partial charge on any atom is -0.370 e. The molecule has 7 heteroatoms. The molecule has 5 nitrogen and oxygen atoms in total. The molecule has 0 aliphatic heterocycles. The topological polar surface area (TPSA) is 78.8 Å². The van der Waals surface area contributed by atoms with Gasteiger partial charge >= 0.3 is 7.82 Å². The lowest BCUT2D eigenvalue weighted by atomic mass is 9.88. The molecule has 0 heterocycles. The van der Waals surface area contributed by atoms with Gasteiger partial charge in [0, 0.05) is 0 Å². The van der Waals surface area contributed by atoms with E-state index in [0.29, 0.717) is 4.99 Å². The van der Waals surface area contributed by atoms with Crippen molar-refractivity contribution >= 4 is 35.8 Å². The van der Waals surface area contributed by atoms with E-state index in [2.05, 4.69) is 12.2 Å². The van der Waals surface area contributed by atoms with Gasteiger partial charge in [-0.1, -0.05) is 101 Å². The first-order valence-electron chi connectivity index (χ1n) is 11.2. The Balaban J connectivity index is 0.00000233. The largest absolute Gasteiger partial charge is 0.470 e. The predicted molar refractivity (Wildman–Crippen MR) is 134 cm³/mol. The van der Waals surface area contributed by atoms with Gasteiger partial charge in [0.15, 0.2) is 0 Å². The Hall–Kier alpha value is -1.30. The molecular weight excluding hydrogens is 429 g/mol. The summed E-state index contributed by atoms with van der Waals surface area (Å²) < 4.78 is 16.8. The highest BCUT2D eigenvalue weighted by Crippen LogP contribution is 2.46. The molecular formula is C24H38NO4PS. The molecule has 2 rings (SSSR count). The number of hydrogen-bond donors (Lipinski definition) is 3. The average molecular weight is 468 g/mol. The smallest absolute Gasteiger partial charge is 0.370 e. The number of hydrogen-bond acceptors (Lipinski definition) is 3. The minimum absolute atomic E-state index is 0.510. The molecule has 0 aliphatic carbocycles. The molecule has 2 aromatic rings. The summed E-state index contributed by atoms with van der Waals surface area (Å²) >= 11 is 5.58. The lowest BCUT2D eigenvalue weighted by Crippen LogP contribution is -2.43. The second-order valence-corrected chi connectivity index (χ2v) is 9.57. The maximum Gasteiger partial charge on any atom is 0.470 e. The van der Waals surface area contributed by atoms with Crippen LogP contribution in [0.25, 0.3) is 10.8 Å². The van der Waals surface area contributed by atoms with Crippen molar-refractivity contribution in [3.63, 3.8) is 0 Å². The van der Waals surface area contributed by atoms with Gasteiger partial charge in [0.25, 0.3) is 0 Å². The summed E-state index contributed by atoms with van der Waals surface area (Å²) in [5.41, 5.74) is -0.287. The highest BCUT2D eigenvalue weighted by Gasteiger charge is 2.38. The van der Waals surface area contributed by atoms with Crippen molar-refractivity contribution in [2.24, 2.45) is 0 Å². The molecule has 174 valence electrons. The van der Waals surface area contributed by atoms with Gasteiger partial charge in [-0.3, -0.25) is 4.52 Å². The van der Waals surface area contributed by atoms with Gasteiger partial charge in [0.1, 0.15) is 0 Å². The zero-order valence-electron chi connectivity index (χ0n) is 19.4. The lowest BCUT2D eigenvalue weighted by molar-refractivity contribution is 0.0371. The number of thiocarbonyl (C=S) groups is 1. The predicted octanol–water partition coefficient (Wildman–Crippen LogP) is 7.07. The second kappa shape index (κ2) is 13.3. The highest BCUT2D eigenvalue weighted by molar-refractivity contribution is 7.80. The van der Waals surface area contributed by atoms with Gasteiger partial charge in [0.2, 0.25) is 0 Å². The fourth-order valence-electron chi connectivity index (χ4n) is 3.61.